The standard InChI is InChI=1S/C25H22ClF2N7O2S/c1-12-30-20-10-17(16-4-5-18(26)21-23(16)35(2)33-25(21)34-38(3)37)22(32-24(20)31-12)19(29-11-36)8-13-6-14(27)9-15(28)7-13/h4-7,9-11,19H,8H2,1-3H3,(H,29,36)(H,33,34)(H,30,31,32). The van der Waals surface area contributed by atoms with Gasteiger partial charge < -0.3 is 14.9 Å². The van der Waals surface area contributed by atoms with Crippen LogP contribution in [0.1, 0.15) is 23.1 Å². The summed E-state index contributed by atoms with van der Waals surface area (Å²) in [6.45, 7) is 1.79. The molecule has 3 N–H and O–H groups in total. The van der Waals surface area contributed by atoms with E-state index in [4.69, 9.17) is 16.6 Å². The lowest BCUT2D eigenvalue weighted by molar-refractivity contribution is -0.110. The molecule has 38 heavy (non-hydrogen) atoms. The zero-order chi connectivity index (χ0) is 27.1. The van der Waals surface area contributed by atoms with Gasteiger partial charge >= 0.3 is 0 Å². The summed E-state index contributed by atoms with van der Waals surface area (Å²) in [5, 5.41) is 8.18. The third-order valence-electron chi connectivity index (χ3n) is 6.05. The van der Waals surface area contributed by atoms with Gasteiger partial charge in [0.25, 0.3) is 0 Å². The van der Waals surface area contributed by atoms with E-state index in [0.717, 1.165) is 6.07 Å². The second kappa shape index (κ2) is 10.2. The Morgan fingerprint density at radius 1 is 1.18 bits per heavy atom. The first kappa shape index (κ1) is 25.9. The molecule has 0 spiro atoms. The zero-order valence-corrected chi connectivity index (χ0v) is 22.0. The molecule has 0 saturated heterocycles. The molecule has 2 unspecified atom stereocenters. The number of aromatic nitrogens is 5. The predicted molar refractivity (Wildman–Crippen MR) is 143 cm³/mol. The van der Waals surface area contributed by atoms with Crippen molar-refractivity contribution in [3.63, 3.8) is 0 Å². The maximum absolute atomic E-state index is 14.0. The van der Waals surface area contributed by atoms with Crippen LogP contribution in [-0.2, 0) is 29.6 Å². The molecular formula is C25H22ClF2N7O2S. The van der Waals surface area contributed by atoms with Crippen molar-refractivity contribution in [3.05, 3.63) is 70.1 Å². The summed E-state index contributed by atoms with van der Waals surface area (Å²) in [5.74, 6) is -0.458. The smallest absolute Gasteiger partial charge is 0.207 e. The van der Waals surface area contributed by atoms with E-state index in [9.17, 15) is 18.1 Å². The number of rotatable bonds is 8. The van der Waals surface area contributed by atoms with Crippen molar-refractivity contribution >= 4 is 57.3 Å². The fourth-order valence-electron chi connectivity index (χ4n) is 4.64. The molecule has 0 fully saturated rings. The van der Waals surface area contributed by atoms with Gasteiger partial charge in [-0.15, -0.1) is 0 Å². The monoisotopic (exact) mass is 557 g/mol. The highest BCUT2D eigenvalue weighted by Crippen LogP contribution is 2.40. The number of pyridine rings is 1. The first-order chi connectivity index (χ1) is 18.1. The molecule has 3 aromatic heterocycles. The Hall–Kier alpha value is -3.74. The van der Waals surface area contributed by atoms with E-state index in [-0.39, 0.29) is 6.42 Å². The van der Waals surface area contributed by atoms with Crippen molar-refractivity contribution < 1.29 is 18.1 Å². The molecule has 3 heterocycles. The molecule has 2 aromatic carbocycles. The predicted octanol–water partition coefficient (Wildman–Crippen LogP) is 4.49. The third kappa shape index (κ3) is 4.89. The summed E-state index contributed by atoms with van der Waals surface area (Å²) in [7, 11) is 1.73. The van der Waals surface area contributed by atoms with Crippen molar-refractivity contribution in [2.45, 2.75) is 19.4 Å². The highest BCUT2D eigenvalue weighted by Gasteiger charge is 2.25. The van der Waals surface area contributed by atoms with Gasteiger partial charge in [-0.05, 0) is 43.2 Å². The van der Waals surface area contributed by atoms with Gasteiger partial charge in [0.05, 0.1) is 44.5 Å². The number of carbonyl (C=O) groups excluding carboxylic acids is 1. The van der Waals surface area contributed by atoms with Crippen LogP contribution in [0.25, 0.3) is 33.2 Å². The quantitative estimate of drug-likeness (QED) is 0.191. The van der Waals surface area contributed by atoms with Crippen molar-refractivity contribution in [1.29, 1.82) is 0 Å². The minimum Gasteiger partial charge on any atom is -0.593 e. The summed E-state index contributed by atoms with van der Waals surface area (Å²) in [5.41, 5.74) is 3.77. The van der Waals surface area contributed by atoms with Crippen LogP contribution < -0.4 is 10.0 Å². The molecular weight excluding hydrogens is 536 g/mol. The fraction of sp³-hybridized carbons (Fsp3) is 0.200. The topological polar surface area (TPSA) is 124 Å². The third-order valence-corrected chi connectivity index (χ3v) is 6.85. The van der Waals surface area contributed by atoms with Crippen molar-refractivity contribution in [1.82, 2.24) is 30.0 Å². The number of nitrogens with one attached hydrogen (secondary N) is 3. The molecule has 5 aromatic rings. The SMILES string of the molecule is Cc1nc2nc(C(Cc3cc(F)cc(F)c3)NC=O)c(-c3ccc(Cl)c4c(N[S+](C)[O-])nn(C)c34)cc2[nH]1. The number of aryl methyl sites for hydroxylation is 2. The Morgan fingerprint density at radius 2 is 1.92 bits per heavy atom. The average molecular weight is 558 g/mol. The van der Waals surface area contributed by atoms with E-state index in [1.165, 1.54) is 18.4 Å². The number of anilines is 1. The summed E-state index contributed by atoms with van der Waals surface area (Å²) in [4.78, 5) is 24.0. The van der Waals surface area contributed by atoms with Gasteiger partial charge in [-0.3, -0.25) is 9.48 Å². The van der Waals surface area contributed by atoms with Gasteiger partial charge in [-0.1, -0.05) is 17.7 Å². The van der Waals surface area contributed by atoms with Crippen molar-refractivity contribution in [3.8, 4) is 11.1 Å². The van der Waals surface area contributed by atoms with E-state index in [0.29, 0.717) is 67.5 Å². The largest absolute Gasteiger partial charge is 0.593 e. The zero-order valence-electron chi connectivity index (χ0n) is 20.5. The summed E-state index contributed by atoms with van der Waals surface area (Å²) < 4.78 is 44.3. The van der Waals surface area contributed by atoms with E-state index >= 15 is 0 Å². The van der Waals surface area contributed by atoms with Gasteiger partial charge in [-0.2, -0.15) is 9.82 Å². The number of benzene rings is 2. The lowest BCUT2D eigenvalue weighted by atomic mass is 9.94. The maximum Gasteiger partial charge on any atom is 0.207 e. The summed E-state index contributed by atoms with van der Waals surface area (Å²) >= 11 is 5.16. The summed E-state index contributed by atoms with van der Waals surface area (Å²) in [6, 6.07) is 7.80. The Kier molecular flexibility index (Phi) is 6.95. The van der Waals surface area contributed by atoms with E-state index in [1.54, 1.807) is 30.8 Å². The molecule has 196 valence electrons. The van der Waals surface area contributed by atoms with Gasteiger partial charge in [0.1, 0.15) is 23.7 Å². The van der Waals surface area contributed by atoms with Gasteiger partial charge in [0.15, 0.2) is 5.65 Å². The Labute approximate surface area is 223 Å². The van der Waals surface area contributed by atoms with Crippen LogP contribution in [0, 0.1) is 18.6 Å². The van der Waals surface area contributed by atoms with E-state index in [2.05, 4.69) is 25.1 Å². The number of H-pyrrole nitrogens is 1. The molecule has 1 amide bonds. The maximum atomic E-state index is 14.0. The number of fused-ring (bicyclic) bond motifs is 2. The molecule has 5 rings (SSSR count). The number of hydrogen-bond acceptors (Lipinski definition) is 6. The van der Waals surface area contributed by atoms with Crippen LogP contribution in [-0.4, -0.2) is 42.0 Å². The summed E-state index contributed by atoms with van der Waals surface area (Å²) in [6.07, 6.45) is 2.07. The second-order valence-electron chi connectivity index (χ2n) is 8.78. The Balaban J connectivity index is 1.76. The second-order valence-corrected chi connectivity index (χ2v) is 10.3. The molecule has 0 bridgehead atoms. The molecule has 0 radical (unpaired) electrons. The Morgan fingerprint density at radius 3 is 2.61 bits per heavy atom. The number of imidazole rings is 1. The number of nitrogens with zero attached hydrogens (tertiary/aromatic N) is 4. The molecule has 2 atom stereocenters. The van der Waals surface area contributed by atoms with Crippen LogP contribution in [0.2, 0.25) is 5.02 Å². The van der Waals surface area contributed by atoms with E-state index in [1.807, 2.05) is 6.07 Å². The number of carbonyl (C=O) groups is 1. The molecule has 13 heteroatoms. The van der Waals surface area contributed by atoms with Gasteiger partial charge in [0.2, 0.25) is 12.2 Å². The molecule has 0 aliphatic heterocycles. The van der Waals surface area contributed by atoms with Crippen molar-refractivity contribution in [2.24, 2.45) is 7.05 Å². The molecule has 0 aliphatic rings. The lowest BCUT2D eigenvalue weighted by Crippen LogP contribution is -2.24. The molecule has 9 nitrogen and oxygen atoms in total. The Bertz CT molecular complexity index is 1670. The highest BCUT2D eigenvalue weighted by molar-refractivity contribution is 7.92. The number of aromatic amines is 1. The van der Waals surface area contributed by atoms with Gasteiger partial charge in [-0.25, -0.2) is 18.7 Å². The molecule has 0 aliphatic carbocycles. The van der Waals surface area contributed by atoms with Gasteiger partial charge in [0, 0.05) is 24.2 Å². The molecule has 0 saturated carbocycles. The number of hydrogen-bond donors (Lipinski definition) is 3. The minimum absolute atomic E-state index is 0.0616. The number of halogens is 3. The normalized spacial score (nSPS) is 13.1. The first-order valence-corrected chi connectivity index (χ1v) is 13.4. The lowest BCUT2D eigenvalue weighted by Gasteiger charge is -2.20. The first-order valence-electron chi connectivity index (χ1n) is 11.4. The van der Waals surface area contributed by atoms with Crippen LogP contribution in [0.3, 0.4) is 0 Å². The van der Waals surface area contributed by atoms with Crippen LogP contribution in [0.4, 0.5) is 14.6 Å². The van der Waals surface area contributed by atoms with Crippen LogP contribution in [0.15, 0.2) is 36.4 Å². The van der Waals surface area contributed by atoms with Crippen LogP contribution in [0.5, 0.6) is 0 Å². The fourth-order valence-corrected chi connectivity index (χ4v) is 5.30. The highest BCUT2D eigenvalue weighted by atomic mass is 35.5. The minimum atomic E-state index is -1.40. The van der Waals surface area contributed by atoms with Crippen molar-refractivity contribution in [2.75, 3.05) is 11.0 Å². The van der Waals surface area contributed by atoms with Crippen LogP contribution >= 0.6 is 11.6 Å². The number of amides is 1. The average Bonchev–Trinajstić information content (AvgIpc) is 3.36. The van der Waals surface area contributed by atoms with E-state index < -0.39 is 29.0 Å².